The van der Waals surface area contributed by atoms with Crippen LogP contribution in [0.3, 0.4) is 0 Å². The molecule has 0 aromatic heterocycles. The van der Waals surface area contributed by atoms with Crippen molar-refractivity contribution in [3.63, 3.8) is 0 Å². The number of nitrogens with zero attached hydrogens (tertiary/aromatic N) is 1. The molecule has 1 saturated carbocycles. The van der Waals surface area contributed by atoms with E-state index in [1.54, 1.807) is 12.1 Å². The van der Waals surface area contributed by atoms with E-state index in [4.69, 9.17) is 4.74 Å². The van der Waals surface area contributed by atoms with Crippen molar-refractivity contribution in [2.24, 2.45) is 5.92 Å². The van der Waals surface area contributed by atoms with Crippen molar-refractivity contribution >= 4 is 11.7 Å². The minimum absolute atomic E-state index is 0.0917. The number of anilines is 1. The summed E-state index contributed by atoms with van der Waals surface area (Å²) < 4.78 is 18.2. The zero-order valence-corrected chi connectivity index (χ0v) is 11.3. The predicted molar refractivity (Wildman–Crippen MR) is 74.1 cm³/mol. The van der Waals surface area contributed by atoms with Crippen LogP contribution in [-0.2, 0) is 4.74 Å². The van der Waals surface area contributed by atoms with E-state index < -0.39 is 0 Å². The van der Waals surface area contributed by atoms with Gasteiger partial charge in [0.25, 0.3) is 0 Å². The maximum Gasteiger partial charge on any atom is 0.322 e. The van der Waals surface area contributed by atoms with E-state index in [0.29, 0.717) is 17.6 Å². The number of hydrogen-bond acceptors (Lipinski definition) is 2. The molecular weight excluding hydrogens is 259 g/mol. The van der Waals surface area contributed by atoms with Crippen LogP contribution < -0.4 is 5.32 Å². The average Bonchev–Trinajstić information content (AvgIpc) is 3.15. The van der Waals surface area contributed by atoms with Gasteiger partial charge in [0.1, 0.15) is 5.82 Å². The summed E-state index contributed by atoms with van der Waals surface area (Å²) >= 11 is 0. The number of rotatable bonds is 4. The quantitative estimate of drug-likeness (QED) is 0.920. The first-order valence-electron chi connectivity index (χ1n) is 7.13. The maximum absolute atomic E-state index is 12.9. The van der Waals surface area contributed by atoms with Crippen LogP contribution in [0.4, 0.5) is 14.9 Å². The van der Waals surface area contributed by atoms with E-state index in [0.717, 1.165) is 39.0 Å². The molecule has 2 amide bonds. The first-order valence-corrected chi connectivity index (χ1v) is 7.13. The van der Waals surface area contributed by atoms with Crippen LogP contribution in [0.15, 0.2) is 24.3 Å². The molecule has 1 N–H and O–H groups in total. The highest BCUT2D eigenvalue weighted by atomic mass is 19.1. The molecule has 3 rings (SSSR count). The molecule has 1 aliphatic heterocycles. The smallest absolute Gasteiger partial charge is 0.322 e. The van der Waals surface area contributed by atoms with Gasteiger partial charge in [-0.3, -0.25) is 0 Å². The summed E-state index contributed by atoms with van der Waals surface area (Å²) in [5.74, 6) is 0.139. The van der Waals surface area contributed by atoms with E-state index in [2.05, 4.69) is 5.32 Å². The molecule has 2 fully saturated rings. The summed E-state index contributed by atoms with van der Waals surface area (Å²) in [6.45, 7) is 2.29. The maximum atomic E-state index is 12.9. The standard InChI is InChI=1S/C15H19FN2O2/c16-12-1-3-13(4-2-12)17-15(19)18(14-5-6-14)9-11-7-8-20-10-11/h1-4,11,14H,5-10H2,(H,17,19)/t11-/m1/s1. The molecule has 108 valence electrons. The van der Waals surface area contributed by atoms with Crippen LogP contribution >= 0.6 is 0 Å². The highest BCUT2D eigenvalue weighted by molar-refractivity contribution is 5.89. The fourth-order valence-corrected chi connectivity index (χ4v) is 2.52. The largest absolute Gasteiger partial charge is 0.381 e. The van der Waals surface area contributed by atoms with E-state index in [9.17, 15) is 9.18 Å². The van der Waals surface area contributed by atoms with Gasteiger partial charge in [0.2, 0.25) is 0 Å². The first-order chi connectivity index (χ1) is 9.72. The van der Waals surface area contributed by atoms with E-state index in [1.807, 2.05) is 4.90 Å². The van der Waals surface area contributed by atoms with Gasteiger partial charge in [-0.15, -0.1) is 0 Å². The van der Waals surface area contributed by atoms with Crippen molar-refractivity contribution in [3.8, 4) is 0 Å². The second-order valence-electron chi connectivity index (χ2n) is 5.55. The number of amides is 2. The van der Waals surface area contributed by atoms with Crippen LogP contribution in [0.1, 0.15) is 19.3 Å². The fourth-order valence-electron chi connectivity index (χ4n) is 2.52. The Bertz CT molecular complexity index is 467. The summed E-state index contributed by atoms with van der Waals surface area (Å²) in [4.78, 5) is 14.3. The third-order valence-corrected chi connectivity index (χ3v) is 3.82. The van der Waals surface area contributed by atoms with E-state index in [1.165, 1.54) is 12.1 Å². The lowest BCUT2D eigenvalue weighted by atomic mass is 10.1. The van der Waals surface area contributed by atoms with Gasteiger partial charge in [0.15, 0.2) is 0 Å². The minimum Gasteiger partial charge on any atom is -0.381 e. The Kier molecular flexibility index (Phi) is 3.87. The normalized spacial score (nSPS) is 21.8. The molecule has 2 aliphatic rings. The Morgan fingerprint density at radius 1 is 1.30 bits per heavy atom. The Balaban J connectivity index is 1.61. The molecule has 0 spiro atoms. The van der Waals surface area contributed by atoms with Gasteiger partial charge in [-0.2, -0.15) is 0 Å². The SMILES string of the molecule is O=C(Nc1ccc(F)cc1)N(C[C@H]1CCOC1)C1CC1. The highest BCUT2D eigenvalue weighted by Crippen LogP contribution is 2.29. The van der Waals surface area contributed by atoms with Gasteiger partial charge >= 0.3 is 6.03 Å². The van der Waals surface area contributed by atoms with Gasteiger partial charge in [0, 0.05) is 30.8 Å². The van der Waals surface area contributed by atoms with Crippen molar-refractivity contribution < 1.29 is 13.9 Å². The minimum atomic E-state index is -0.301. The molecule has 0 radical (unpaired) electrons. The van der Waals surface area contributed by atoms with Crippen molar-refractivity contribution in [1.29, 1.82) is 0 Å². The van der Waals surface area contributed by atoms with Crippen LogP contribution in [-0.4, -0.2) is 36.7 Å². The molecule has 1 heterocycles. The lowest BCUT2D eigenvalue weighted by molar-refractivity contribution is 0.167. The molecule has 0 unspecified atom stereocenters. The van der Waals surface area contributed by atoms with Crippen molar-refractivity contribution in [2.75, 3.05) is 25.1 Å². The van der Waals surface area contributed by atoms with Crippen LogP contribution in [0.5, 0.6) is 0 Å². The second kappa shape index (κ2) is 5.79. The summed E-state index contributed by atoms with van der Waals surface area (Å²) in [5, 5.41) is 2.84. The van der Waals surface area contributed by atoms with Crippen LogP contribution in [0.2, 0.25) is 0 Å². The topological polar surface area (TPSA) is 41.6 Å². The molecule has 1 aliphatic carbocycles. The van der Waals surface area contributed by atoms with Crippen molar-refractivity contribution in [3.05, 3.63) is 30.1 Å². The van der Waals surface area contributed by atoms with Crippen molar-refractivity contribution in [2.45, 2.75) is 25.3 Å². The Morgan fingerprint density at radius 2 is 2.05 bits per heavy atom. The number of benzene rings is 1. The molecule has 1 aromatic rings. The van der Waals surface area contributed by atoms with Gasteiger partial charge in [-0.1, -0.05) is 0 Å². The third-order valence-electron chi connectivity index (χ3n) is 3.82. The second-order valence-corrected chi connectivity index (χ2v) is 5.55. The molecule has 1 saturated heterocycles. The number of carbonyl (C=O) groups excluding carboxylic acids is 1. The number of ether oxygens (including phenoxy) is 1. The van der Waals surface area contributed by atoms with Gasteiger partial charge < -0.3 is 15.0 Å². The molecule has 1 aromatic carbocycles. The number of nitrogens with one attached hydrogen (secondary N) is 1. The fraction of sp³-hybridized carbons (Fsp3) is 0.533. The molecule has 5 heteroatoms. The zero-order valence-electron chi connectivity index (χ0n) is 11.3. The lowest BCUT2D eigenvalue weighted by Gasteiger charge is -2.25. The lowest BCUT2D eigenvalue weighted by Crippen LogP contribution is -2.40. The molecule has 4 nitrogen and oxygen atoms in total. The molecule has 20 heavy (non-hydrogen) atoms. The molecule has 1 atom stereocenters. The van der Waals surface area contributed by atoms with E-state index >= 15 is 0 Å². The summed E-state index contributed by atoms with van der Waals surface area (Å²) in [6, 6.07) is 6.12. The number of halogens is 1. The number of hydrogen-bond donors (Lipinski definition) is 1. The Hall–Kier alpha value is -1.62. The predicted octanol–water partition coefficient (Wildman–Crippen LogP) is 2.86. The van der Waals surface area contributed by atoms with Crippen LogP contribution in [0.25, 0.3) is 0 Å². The first kappa shape index (κ1) is 13.4. The Labute approximate surface area is 117 Å². The monoisotopic (exact) mass is 278 g/mol. The van der Waals surface area contributed by atoms with Crippen LogP contribution in [0, 0.1) is 11.7 Å². The van der Waals surface area contributed by atoms with Crippen molar-refractivity contribution in [1.82, 2.24) is 4.90 Å². The number of carbonyl (C=O) groups is 1. The third kappa shape index (κ3) is 3.28. The van der Waals surface area contributed by atoms with Gasteiger partial charge in [-0.25, -0.2) is 9.18 Å². The summed E-state index contributed by atoms with van der Waals surface area (Å²) in [6.07, 6.45) is 3.17. The average molecular weight is 278 g/mol. The summed E-state index contributed by atoms with van der Waals surface area (Å²) in [5.41, 5.74) is 0.629. The highest BCUT2D eigenvalue weighted by Gasteiger charge is 2.34. The van der Waals surface area contributed by atoms with Gasteiger partial charge in [0.05, 0.1) is 6.61 Å². The van der Waals surface area contributed by atoms with E-state index in [-0.39, 0.29) is 11.8 Å². The Morgan fingerprint density at radius 3 is 2.65 bits per heavy atom. The number of urea groups is 1. The zero-order chi connectivity index (χ0) is 13.9. The molecule has 0 bridgehead atoms. The molecular formula is C15H19FN2O2. The van der Waals surface area contributed by atoms with Gasteiger partial charge in [-0.05, 0) is 43.5 Å². The summed E-state index contributed by atoms with van der Waals surface area (Å²) in [7, 11) is 0.